The molecule has 1 nitrogen and oxygen atoms in total. The second-order valence-electron chi connectivity index (χ2n) is 4.05. The van der Waals surface area contributed by atoms with Gasteiger partial charge in [0.05, 0.1) is 0 Å². The second kappa shape index (κ2) is 5.05. The van der Waals surface area contributed by atoms with E-state index in [2.05, 4.69) is 0 Å². The van der Waals surface area contributed by atoms with Crippen molar-refractivity contribution in [2.75, 3.05) is 0 Å². The molecule has 0 aromatic heterocycles. The normalized spacial score (nSPS) is 10.6. The molecule has 0 N–H and O–H groups in total. The average molecular weight is 285 g/mol. The molecule has 0 bridgehead atoms. The van der Waals surface area contributed by atoms with Crippen LogP contribution in [0.4, 0.5) is 13.2 Å². The minimum Gasteiger partial charge on any atom is -0.289 e. The van der Waals surface area contributed by atoms with Crippen LogP contribution >= 0.6 is 11.6 Å². The molecule has 0 aliphatic carbocycles. The van der Waals surface area contributed by atoms with E-state index in [4.69, 9.17) is 11.6 Å². The summed E-state index contributed by atoms with van der Waals surface area (Å²) in [4.78, 5) is 12.0. The molecule has 0 unspecified atom stereocenters. The van der Waals surface area contributed by atoms with E-state index >= 15 is 0 Å². The molecule has 0 aliphatic rings. The summed E-state index contributed by atoms with van der Waals surface area (Å²) in [5.74, 6) is -5.03. The Bertz CT molecular complexity index is 645. The molecule has 19 heavy (non-hydrogen) atoms. The number of hydrogen-bond acceptors (Lipinski definition) is 1. The van der Waals surface area contributed by atoms with Crippen LogP contribution in [0.25, 0.3) is 0 Å². The summed E-state index contributed by atoms with van der Waals surface area (Å²) in [6.07, 6.45) is 0. The van der Waals surface area contributed by atoms with Crippen LogP contribution in [0.15, 0.2) is 30.3 Å². The summed E-state index contributed by atoms with van der Waals surface area (Å²) in [5.41, 5.74) is 0.687. The minimum atomic E-state index is -1.60. The molecule has 0 atom stereocenters. The first kappa shape index (κ1) is 13.6. The smallest absolute Gasteiger partial charge is 0.194 e. The quantitative estimate of drug-likeness (QED) is 0.594. The van der Waals surface area contributed by atoms with Crippen LogP contribution in [0.5, 0.6) is 0 Å². The lowest BCUT2D eigenvalue weighted by Crippen LogP contribution is -2.04. The van der Waals surface area contributed by atoms with E-state index in [1.807, 2.05) is 0 Å². The van der Waals surface area contributed by atoms with E-state index in [1.165, 1.54) is 12.1 Å². The molecule has 98 valence electrons. The van der Waals surface area contributed by atoms with Crippen LogP contribution in [0, 0.1) is 24.4 Å². The summed E-state index contributed by atoms with van der Waals surface area (Å²) < 4.78 is 38.9. The molecule has 2 aromatic rings. The van der Waals surface area contributed by atoms with Gasteiger partial charge in [0.15, 0.2) is 23.2 Å². The molecule has 0 amide bonds. The topological polar surface area (TPSA) is 17.1 Å². The average Bonchev–Trinajstić information content (AvgIpc) is 2.37. The third-order valence-electron chi connectivity index (χ3n) is 2.68. The molecule has 2 aromatic carbocycles. The van der Waals surface area contributed by atoms with Crippen molar-refractivity contribution in [3.05, 3.63) is 69.5 Å². The van der Waals surface area contributed by atoms with Crippen molar-refractivity contribution in [1.29, 1.82) is 0 Å². The first-order valence-corrected chi connectivity index (χ1v) is 5.73. The van der Waals surface area contributed by atoms with Gasteiger partial charge in [-0.2, -0.15) is 0 Å². The lowest BCUT2D eigenvalue weighted by molar-refractivity contribution is 0.103. The molecule has 0 fully saturated rings. The fraction of sp³-hybridized carbons (Fsp3) is 0.0714. The van der Waals surface area contributed by atoms with Crippen LogP contribution in [0.2, 0.25) is 5.02 Å². The highest BCUT2D eigenvalue weighted by Crippen LogP contribution is 2.21. The van der Waals surface area contributed by atoms with E-state index in [1.54, 1.807) is 13.0 Å². The van der Waals surface area contributed by atoms with Gasteiger partial charge in [0.2, 0.25) is 0 Å². The zero-order valence-corrected chi connectivity index (χ0v) is 10.6. The van der Waals surface area contributed by atoms with Crippen molar-refractivity contribution >= 4 is 17.4 Å². The molecule has 0 saturated heterocycles. The van der Waals surface area contributed by atoms with Gasteiger partial charge in [-0.3, -0.25) is 4.79 Å². The van der Waals surface area contributed by atoms with Crippen molar-refractivity contribution in [3.8, 4) is 0 Å². The van der Waals surface area contributed by atoms with Crippen molar-refractivity contribution in [3.63, 3.8) is 0 Å². The van der Waals surface area contributed by atoms with Gasteiger partial charge in [0, 0.05) is 16.1 Å². The Hall–Kier alpha value is -1.81. The standard InChI is InChI=1S/C14H8ClF3O/c1-7-2-3-8(4-10(7)15)14(19)9-5-11(16)13(18)12(17)6-9/h2-6H,1H3. The Labute approximate surface area is 112 Å². The Morgan fingerprint density at radius 2 is 1.58 bits per heavy atom. The fourth-order valence-electron chi connectivity index (χ4n) is 1.59. The third kappa shape index (κ3) is 2.63. The molecule has 0 saturated carbocycles. The highest BCUT2D eigenvalue weighted by molar-refractivity contribution is 6.31. The highest BCUT2D eigenvalue weighted by Gasteiger charge is 2.16. The number of carbonyl (C=O) groups is 1. The van der Waals surface area contributed by atoms with Gasteiger partial charge < -0.3 is 0 Å². The summed E-state index contributed by atoms with van der Waals surface area (Å²) in [5, 5.41) is 0.369. The second-order valence-corrected chi connectivity index (χ2v) is 4.45. The van der Waals surface area contributed by atoms with E-state index in [-0.39, 0.29) is 11.1 Å². The van der Waals surface area contributed by atoms with Gasteiger partial charge in [0.25, 0.3) is 0 Å². The Kier molecular flexibility index (Phi) is 3.62. The molecule has 5 heteroatoms. The third-order valence-corrected chi connectivity index (χ3v) is 3.09. The van der Waals surface area contributed by atoms with E-state index < -0.39 is 23.2 Å². The van der Waals surface area contributed by atoms with E-state index in [0.717, 1.165) is 5.56 Å². The Morgan fingerprint density at radius 3 is 2.11 bits per heavy atom. The summed E-state index contributed by atoms with van der Waals surface area (Å²) in [7, 11) is 0. The predicted molar refractivity (Wildman–Crippen MR) is 65.9 cm³/mol. The fourth-order valence-corrected chi connectivity index (χ4v) is 1.77. The molecule has 0 aliphatic heterocycles. The lowest BCUT2D eigenvalue weighted by atomic mass is 10.0. The minimum absolute atomic E-state index is 0.181. The van der Waals surface area contributed by atoms with E-state index in [0.29, 0.717) is 17.2 Å². The van der Waals surface area contributed by atoms with Gasteiger partial charge in [-0.1, -0.05) is 23.7 Å². The molecule has 2 rings (SSSR count). The molecule has 0 heterocycles. The molecule has 0 radical (unpaired) electrons. The van der Waals surface area contributed by atoms with Crippen molar-refractivity contribution in [2.45, 2.75) is 6.92 Å². The van der Waals surface area contributed by atoms with Crippen molar-refractivity contribution < 1.29 is 18.0 Å². The van der Waals surface area contributed by atoms with E-state index in [9.17, 15) is 18.0 Å². The number of hydrogen-bond donors (Lipinski definition) is 0. The maximum Gasteiger partial charge on any atom is 0.194 e. The number of carbonyl (C=O) groups excluding carboxylic acids is 1. The predicted octanol–water partition coefficient (Wildman–Crippen LogP) is 4.30. The number of rotatable bonds is 2. The summed E-state index contributed by atoms with van der Waals surface area (Å²) >= 11 is 5.87. The van der Waals surface area contributed by atoms with Crippen LogP contribution in [-0.2, 0) is 0 Å². The summed E-state index contributed by atoms with van der Waals surface area (Å²) in [6, 6.07) is 5.83. The zero-order chi connectivity index (χ0) is 14.2. The molecular weight excluding hydrogens is 277 g/mol. The van der Waals surface area contributed by atoms with Crippen molar-refractivity contribution in [2.24, 2.45) is 0 Å². The summed E-state index contributed by atoms with van der Waals surface area (Å²) in [6.45, 7) is 1.76. The molecule has 0 spiro atoms. The number of ketones is 1. The maximum atomic E-state index is 13.1. The first-order chi connectivity index (χ1) is 8.90. The van der Waals surface area contributed by atoms with Gasteiger partial charge in [-0.05, 0) is 30.7 Å². The molecular formula is C14H8ClF3O. The van der Waals surface area contributed by atoms with Gasteiger partial charge in [-0.25, -0.2) is 13.2 Å². The first-order valence-electron chi connectivity index (χ1n) is 5.35. The number of aryl methyl sites for hydroxylation is 1. The maximum absolute atomic E-state index is 13.1. The van der Waals surface area contributed by atoms with Crippen LogP contribution < -0.4 is 0 Å². The number of benzene rings is 2. The van der Waals surface area contributed by atoms with Crippen LogP contribution in [0.3, 0.4) is 0 Å². The monoisotopic (exact) mass is 284 g/mol. The van der Waals surface area contributed by atoms with Crippen LogP contribution in [0.1, 0.15) is 21.5 Å². The van der Waals surface area contributed by atoms with Gasteiger partial charge in [0.1, 0.15) is 0 Å². The Balaban J connectivity index is 2.47. The van der Waals surface area contributed by atoms with Crippen LogP contribution in [-0.4, -0.2) is 5.78 Å². The van der Waals surface area contributed by atoms with Gasteiger partial charge in [-0.15, -0.1) is 0 Å². The largest absolute Gasteiger partial charge is 0.289 e. The van der Waals surface area contributed by atoms with Crippen molar-refractivity contribution in [1.82, 2.24) is 0 Å². The Morgan fingerprint density at radius 1 is 1.00 bits per heavy atom. The SMILES string of the molecule is Cc1ccc(C(=O)c2cc(F)c(F)c(F)c2)cc1Cl. The zero-order valence-electron chi connectivity index (χ0n) is 9.81. The van der Waals surface area contributed by atoms with Gasteiger partial charge >= 0.3 is 0 Å². The highest BCUT2D eigenvalue weighted by atomic mass is 35.5. The number of halogens is 4. The lowest BCUT2D eigenvalue weighted by Gasteiger charge is -2.05.